The first kappa shape index (κ1) is 9.49. The van der Waals surface area contributed by atoms with Gasteiger partial charge in [0.2, 0.25) is 0 Å². The Bertz CT molecular complexity index is 243. The summed E-state index contributed by atoms with van der Waals surface area (Å²) in [7, 11) is 0. The van der Waals surface area contributed by atoms with E-state index in [1.54, 1.807) is 6.20 Å². The Hall–Kier alpha value is -0.600. The molecular formula is C9H13ClN2. The normalized spacial score (nSPS) is 13.4. The van der Waals surface area contributed by atoms with Crippen LogP contribution in [0.1, 0.15) is 25.6 Å². The minimum Gasteiger partial charge on any atom is -0.322 e. The molecule has 0 aliphatic rings. The Morgan fingerprint density at radius 2 is 2.08 bits per heavy atom. The number of nitrogens with two attached hydrogens (primary N) is 1. The maximum Gasteiger partial charge on any atom is 0.0589 e. The van der Waals surface area contributed by atoms with Crippen LogP contribution < -0.4 is 5.73 Å². The van der Waals surface area contributed by atoms with Gasteiger partial charge >= 0.3 is 0 Å². The predicted molar refractivity (Wildman–Crippen MR) is 51.0 cm³/mol. The summed E-state index contributed by atoms with van der Waals surface area (Å²) in [6.07, 6.45) is 1.62. The number of pyridine rings is 1. The molecule has 0 radical (unpaired) electrons. The zero-order valence-corrected chi connectivity index (χ0v) is 8.05. The standard InChI is InChI=1S/C9H13ClN2/c1-6(2)9(11)8-4-3-7(10)5-12-8/h3-6,9H,11H2,1-2H3/t9-/m1/s1. The number of rotatable bonds is 2. The van der Waals surface area contributed by atoms with Crippen molar-refractivity contribution in [2.24, 2.45) is 11.7 Å². The summed E-state index contributed by atoms with van der Waals surface area (Å²) in [4.78, 5) is 4.14. The molecule has 0 saturated heterocycles. The molecule has 1 heterocycles. The highest BCUT2D eigenvalue weighted by molar-refractivity contribution is 6.30. The van der Waals surface area contributed by atoms with Crippen molar-refractivity contribution in [3.63, 3.8) is 0 Å². The van der Waals surface area contributed by atoms with E-state index in [1.165, 1.54) is 0 Å². The molecule has 0 unspecified atom stereocenters. The van der Waals surface area contributed by atoms with Crippen LogP contribution in [-0.2, 0) is 0 Å². The Morgan fingerprint density at radius 3 is 2.50 bits per heavy atom. The third-order valence-electron chi connectivity index (χ3n) is 1.81. The summed E-state index contributed by atoms with van der Waals surface area (Å²) in [5.41, 5.74) is 6.78. The van der Waals surface area contributed by atoms with E-state index in [1.807, 2.05) is 12.1 Å². The summed E-state index contributed by atoms with van der Waals surface area (Å²) in [5, 5.41) is 0.648. The first-order valence-corrected chi connectivity index (χ1v) is 4.36. The van der Waals surface area contributed by atoms with Gasteiger partial charge in [-0.05, 0) is 18.1 Å². The third-order valence-corrected chi connectivity index (χ3v) is 2.03. The Balaban J connectivity index is 2.82. The summed E-state index contributed by atoms with van der Waals surface area (Å²) in [5.74, 6) is 0.402. The number of halogens is 1. The van der Waals surface area contributed by atoms with Gasteiger partial charge in [-0.3, -0.25) is 4.98 Å². The van der Waals surface area contributed by atoms with Crippen LogP contribution in [-0.4, -0.2) is 4.98 Å². The monoisotopic (exact) mass is 184 g/mol. The summed E-state index contributed by atoms with van der Waals surface area (Å²) in [6.45, 7) is 4.14. The van der Waals surface area contributed by atoms with E-state index < -0.39 is 0 Å². The van der Waals surface area contributed by atoms with Gasteiger partial charge in [0, 0.05) is 12.2 Å². The lowest BCUT2D eigenvalue weighted by Gasteiger charge is -2.14. The molecule has 0 fully saturated rings. The second-order valence-electron chi connectivity index (χ2n) is 3.17. The summed E-state index contributed by atoms with van der Waals surface area (Å²) < 4.78 is 0. The minimum absolute atomic E-state index is 0.00210. The first-order chi connectivity index (χ1) is 5.61. The van der Waals surface area contributed by atoms with Gasteiger partial charge in [0.05, 0.1) is 10.7 Å². The highest BCUT2D eigenvalue weighted by Crippen LogP contribution is 2.17. The lowest BCUT2D eigenvalue weighted by atomic mass is 10.0. The van der Waals surface area contributed by atoms with Gasteiger partial charge in [0.1, 0.15) is 0 Å². The van der Waals surface area contributed by atoms with Crippen LogP contribution in [0.25, 0.3) is 0 Å². The van der Waals surface area contributed by atoms with E-state index in [0.29, 0.717) is 10.9 Å². The highest BCUT2D eigenvalue weighted by atomic mass is 35.5. The van der Waals surface area contributed by atoms with Gasteiger partial charge < -0.3 is 5.73 Å². The molecule has 0 bridgehead atoms. The van der Waals surface area contributed by atoms with Crippen molar-refractivity contribution in [1.82, 2.24) is 4.98 Å². The van der Waals surface area contributed by atoms with Gasteiger partial charge in [-0.15, -0.1) is 0 Å². The SMILES string of the molecule is CC(C)[C@@H](N)c1ccc(Cl)cn1. The van der Waals surface area contributed by atoms with Crippen molar-refractivity contribution < 1.29 is 0 Å². The highest BCUT2D eigenvalue weighted by Gasteiger charge is 2.10. The average molecular weight is 185 g/mol. The fourth-order valence-electron chi connectivity index (χ4n) is 0.926. The third kappa shape index (κ3) is 2.19. The van der Waals surface area contributed by atoms with E-state index in [2.05, 4.69) is 18.8 Å². The Morgan fingerprint density at radius 1 is 1.42 bits per heavy atom. The molecule has 0 saturated carbocycles. The fourth-order valence-corrected chi connectivity index (χ4v) is 1.04. The largest absolute Gasteiger partial charge is 0.322 e. The van der Waals surface area contributed by atoms with Gasteiger partial charge in [-0.2, -0.15) is 0 Å². The molecule has 1 atom stereocenters. The van der Waals surface area contributed by atoms with Crippen LogP contribution in [0.2, 0.25) is 5.02 Å². The molecule has 12 heavy (non-hydrogen) atoms. The van der Waals surface area contributed by atoms with E-state index in [-0.39, 0.29) is 6.04 Å². The smallest absolute Gasteiger partial charge is 0.0589 e. The molecule has 0 aliphatic carbocycles. The Kier molecular flexibility index (Phi) is 3.06. The van der Waals surface area contributed by atoms with Gasteiger partial charge in [-0.1, -0.05) is 25.4 Å². The summed E-state index contributed by atoms with van der Waals surface area (Å²) in [6, 6.07) is 3.68. The second kappa shape index (κ2) is 3.87. The van der Waals surface area contributed by atoms with Crippen LogP contribution in [0.3, 0.4) is 0 Å². The van der Waals surface area contributed by atoms with Crippen molar-refractivity contribution in [2.75, 3.05) is 0 Å². The average Bonchev–Trinajstić information content (AvgIpc) is 2.04. The van der Waals surface area contributed by atoms with Crippen molar-refractivity contribution >= 4 is 11.6 Å². The molecule has 1 aromatic rings. The van der Waals surface area contributed by atoms with E-state index in [0.717, 1.165) is 5.69 Å². The molecule has 0 aromatic carbocycles. The maximum atomic E-state index is 5.88. The quantitative estimate of drug-likeness (QED) is 0.767. The molecule has 2 N–H and O–H groups in total. The van der Waals surface area contributed by atoms with Gasteiger partial charge in [0.25, 0.3) is 0 Å². The van der Waals surface area contributed by atoms with Crippen molar-refractivity contribution in [2.45, 2.75) is 19.9 Å². The number of aromatic nitrogens is 1. The van der Waals surface area contributed by atoms with Gasteiger partial charge in [0.15, 0.2) is 0 Å². The van der Waals surface area contributed by atoms with E-state index in [9.17, 15) is 0 Å². The Labute approximate surface area is 77.8 Å². The number of hydrogen-bond donors (Lipinski definition) is 1. The topological polar surface area (TPSA) is 38.9 Å². The molecule has 1 aromatic heterocycles. The molecule has 1 rings (SSSR count). The number of nitrogens with zero attached hydrogens (tertiary/aromatic N) is 1. The zero-order chi connectivity index (χ0) is 9.14. The van der Waals surface area contributed by atoms with Crippen molar-refractivity contribution in [3.8, 4) is 0 Å². The first-order valence-electron chi connectivity index (χ1n) is 3.98. The van der Waals surface area contributed by atoms with Gasteiger partial charge in [-0.25, -0.2) is 0 Å². The van der Waals surface area contributed by atoms with Crippen LogP contribution >= 0.6 is 11.6 Å². The molecule has 0 spiro atoms. The maximum absolute atomic E-state index is 5.88. The second-order valence-corrected chi connectivity index (χ2v) is 3.61. The van der Waals surface area contributed by atoms with Crippen LogP contribution in [0, 0.1) is 5.92 Å². The van der Waals surface area contributed by atoms with E-state index >= 15 is 0 Å². The lowest BCUT2D eigenvalue weighted by molar-refractivity contribution is 0.503. The predicted octanol–water partition coefficient (Wildman–Crippen LogP) is 2.39. The molecule has 66 valence electrons. The van der Waals surface area contributed by atoms with Crippen LogP contribution in [0.15, 0.2) is 18.3 Å². The number of hydrogen-bond acceptors (Lipinski definition) is 2. The van der Waals surface area contributed by atoms with Crippen molar-refractivity contribution in [3.05, 3.63) is 29.0 Å². The zero-order valence-electron chi connectivity index (χ0n) is 7.29. The molecular weight excluding hydrogens is 172 g/mol. The lowest BCUT2D eigenvalue weighted by Crippen LogP contribution is -2.17. The molecule has 0 aliphatic heterocycles. The van der Waals surface area contributed by atoms with E-state index in [4.69, 9.17) is 17.3 Å². The molecule has 3 heteroatoms. The van der Waals surface area contributed by atoms with Crippen molar-refractivity contribution in [1.29, 1.82) is 0 Å². The molecule has 0 amide bonds. The van der Waals surface area contributed by atoms with Crippen LogP contribution in [0.5, 0.6) is 0 Å². The van der Waals surface area contributed by atoms with Crippen LogP contribution in [0.4, 0.5) is 0 Å². The summed E-state index contributed by atoms with van der Waals surface area (Å²) >= 11 is 5.69. The fraction of sp³-hybridized carbons (Fsp3) is 0.444. The molecule has 2 nitrogen and oxygen atoms in total. The minimum atomic E-state index is 0.00210.